The van der Waals surface area contributed by atoms with E-state index in [2.05, 4.69) is 0 Å². The van der Waals surface area contributed by atoms with Crippen LogP contribution in [-0.2, 0) is 0 Å². The second-order valence-electron chi connectivity index (χ2n) is 0.848. The number of hydrogen-bond acceptors (Lipinski definition) is 3. The van der Waals surface area contributed by atoms with Crippen molar-refractivity contribution in [3.05, 3.63) is 0 Å². The topological polar surface area (TPSA) is 47.6 Å². The van der Waals surface area contributed by atoms with E-state index in [-0.39, 0.29) is 0 Å². The highest BCUT2D eigenvalue weighted by molar-refractivity contribution is 8.03. The lowest BCUT2D eigenvalue weighted by Gasteiger charge is -1.75. The zero-order valence-corrected chi connectivity index (χ0v) is 4.53. The smallest absolute Gasteiger partial charge is 0.133 e. The maximum atomic E-state index is 7.92. The van der Waals surface area contributed by atoms with E-state index in [1.54, 1.807) is 0 Å². The number of thioether (sulfide) groups is 1. The summed E-state index contributed by atoms with van der Waals surface area (Å²) >= 11 is 1.12. The van der Waals surface area contributed by atoms with Crippen LogP contribution in [0.2, 0.25) is 0 Å². The van der Waals surface area contributed by atoms with E-state index in [0.717, 1.165) is 11.8 Å². The predicted octanol–water partition coefficient (Wildman–Crippen LogP) is 1.11. The molecule has 7 heavy (non-hydrogen) atoms. The molecule has 0 fully saturated rings. The molecule has 0 bridgehead atoms. The van der Waals surface area contributed by atoms with Crippen LogP contribution in [0.1, 0.15) is 6.42 Å². The van der Waals surface area contributed by atoms with Gasteiger partial charge in [-0.3, -0.25) is 0 Å². The van der Waals surface area contributed by atoms with Gasteiger partial charge in [0.2, 0.25) is 0 Å². The SMILES string of the molecule is N#CCCSC#N. The van der Waals surface area contributed by atoms with Gasteiger partial charge in [0.15, 0.2) is 0 Å². The fourth-order valence-corrected chi connectivity index (χ4v) is 0.427. The molecule has 0 atom stereocenters. The maximum absolute atomic E-state index is 7.92. The molecule has 0 radical (unpaired) electrons. The first-order valence-electron chi connectivity index (χ1n) is 1.79. The summed E-state index contributed by atoms with van der Waals surface area (Å²) in [7, 11) is 0. The average molecular weight is 112 g/mol. The minimum Gasteiger partial charge on any atom is -0.198 e. The zero-order valence-electron chi connectivity index (χ0n) is 3.72. The van der Waals surface area contributed by atoms with Crippen molar-refractivity contribution in [3.8, 4) is 11.5 Å². The Morgan fingerprint density at radius 2 is 2.14 bits per heavy atom. The van der Waals surface area contributed by atoms with Crippen LogP contribution >= 0.6 is 11.8 Å². The molecule has 0 saturated carbocycles. The molecule has 0 aromatic carbocycles. The lowest BCUT2D eigenvalue weighted by Crippen LogP contribution is -1.68. The van der Waals surface area contributed by atoms with Crippen molar-refractivity contribution >= 4 is 11.8 Å². The summed E-state index contributed by atoms with van der Waals surface area (Å²) in [5.74, 6) is 0.632. The summed E-state index contributed by atoms with van der Waals surface area (Å²) in [4.78, 5) is 0. The lowest BCUT2D eigenvalue weighted by molar-refractivity contribution is 1.24. The highest BCUT2D eigenvalue weighted by Gasteiger charge is 1.79. The minimum absolute atomic E-state index is 0.470. The van der Waals surface area contributed by atoms with E-state index in [1.807, 2.05) is 11.5 Å². The fraction of sp³-hybridized carbons (Fsp3) is 0.500. The minimum atomic E-state index is 0.470. The van der Waals surface area contributed by atoms with Crippen molar-refractivity contribution in [2.45, 2.75) is 6.42 Å². The molecule has 0 N–H and O–H groups in total. The first kappa shape index (κ1) is 6.33. The number of nitriles is 2. The number of nitrogens with zero attached hydrogens (tertiary/aromatic N) is 2. The van der Waals surface area contributed by atoms with Gasteiger partial charge in [-0.15, -0.1) is 0 Å². The monoisotopic (exact) mass is 112 g/mol. The molecule has 0 aromatic rings. The first-order chi connectivity index (χ1) is 3.41. The molecule has 2 nitrogen and oxygen atoms in total. The van der Waals surface area contributed by atoms with E-state index in [1.165, 1.54) is 0 Å². The van der Waals surface area contributed by atoms with Crippen LogP contribution in [0.4, 0.5) is 0 Å². The van der Waals surface area contributed by atoms with Crippen molar-refractivity contribution in [3.63, 3.8) is 0 Å². The Balaban J connectivity index is 2.77. The summed E-state index contributed by atoms with van der Waals surface area (Å²) in [6.45, 7) is 0. The number of hydrogen-bond donors (Lipinski definition) is 0. The second-order valence-corrected chi connectivity index (χ2v) is 1.73. The lowest BCUT2D eigenvalue weighted by atomic mass is 10.6. The molecular formula is C4H4N2S. The molecule has 36 valence electrons. The van der Waals surface area contributed by atoms with Gasteiger partial charge in [-0.05, 0) is 11.8 Å². The van der Waals surface area contributed by atoms with E-state index in [9.17, 15) is 0 Å². The predicted molar refractivity (Wildman–Crippen MR) is 28.3 cm³/mol. The molecule has 0 spiro atoms. The molecule has 0 saturated heterocycles. The van der Waals surface area contributed by atoms with Crippen LogP contribution in [0.25, 0.3) is 0 Å². The normalized spacial score (nSPS) is 6.57. The molecule has 0 rings (SSSR count). The van der Waals surface area contributed by atoms with Gasteiger partial charge in [-0.1, -0.05) is 0 Å². The molecule has 0 aliphatic heterocycles. The van der Waals surface area contributed by atoms with E-state index in [4.69, 9.17) is 10.5 Å². The third kappa shape index (κ3) is 5.33. The Bertz CT molecular complexity index is 93.8. The molecule has 0 aromatic heterocycles. The maximum Gasteiger partial charge on any atom is 0.133 e. The van der Waals surface area contributed by atoms with Crippen LogP contribution in [0.15, 0.2) is 0 Å². The molecule has 0 unspecified atom stereocenters. The average Bonchev–Trinajstić information content (AvgIpc) is 1.69. The number of thiocyanates is 1. The van der Waals surface area contributed by atoms with Crippen molar-refractivity contribution in [2.75, 3.05) is 5.75 Å². The van der Waals surface area contributed by atoms with Gasteiger partial charge in [0.25, 0.3) is 0 Å². The van der Waals surface area contributed by atoms with Crippen molar-refractivity contribution in [2.24, 2.45) is 0 Å². The van der Waals surface area contributed by atoms with E-state index >= 15 is 0 Å². The fourth-order valence-electron chi connectivity index (χ4n) is 0.142. The summed E-state index contributed by atoms with van der Waals surface area (Å²) in [6.07, 6.45) is 0.470. The standard InChI is InChI=1S/C4H4N2S/c5-2-1-3-7-4-6/h1,3H2. The largest absolute Gasteiger partial charge is 0.198 e. The highest BCUT2D eigenvalue weighted by atomic mass is 32.2. The second kappa shape index (κ2) is 5.33. The van der Waals surface area contributed by atoms with Crippen molar-refractivity contribution in [1.82, 2.24) is 0 Å². The van der Waals surface area contributed by atoms with Crippen molar-refractivity contribution in [1.29, 1.82) is 10.5 Å². The quantitative estimate of drug-likeness (QED) is 0.397. The molecular weight excluding hydrogens is 108 g/mol. The Kier molecular flexibility index (Phi) is 4.82. The molecule has 0 amide bonds. The number of rotatable bonds is 2. The Morgan fingerprint density at radius 3 is 2.57 bits per heavy atom. The van der Waals surface area contributed by atoms with Crippen LogP contribution < -0.4 is 0 Å². The van der Waals surface area contributed by atoms with Crippen LogP contribution in [0.5, 0.6) is 0 Å². The van der Waals surface area contributed by atoms with Gasteiger partial charge < -0.3 is 0 Å². The van der Waals surface area contributed by atoms with Gasteiger partial charge in [0, 0.05) is 12.2 Å². The summed E-state index contributed by atoms with van der Waals surface area (Å²) in [5, 5.41) is 17.7. The zero-order chi connectivity index (χ0) is 5.54. The van der Waals surface area contributed by atoms with Gasteiger partial charge in [-0.2, -0.15) is 10.5 Å². The summed E-state index contributed by atoms with van der Waals surface area (Å²) in [5.41, 5.74) is 0. The molecule has 0 heterocycles. The van der Waals surface area contributed by atoms with E-state index in [0.29, 0.717) is 12.2 Å². The Labute approximate surface area is 46.7 Å². The van der Waals surface area contributed by atoms with Gasteiger partial charge in [0.1, 0.15) is 5.40 Å². The third-order valence-corrected chi connectivity index (χ3v) is 0.918. The van der Waals surface area contributed by atoms with E-state index < -0.39 is 0 Å². The van der Waals surface area contributed by atoms with Gasteiger partial charge >= 0.3 is 0 Å². The summed E-state index contributed by atoms with van der Waals surface area (Å²) < 4.78 is 0. The highest BCUT2D eigenvalue weighted by Crippen LogP contribution is 1.95. The first-order valence-corrected chi connectivity index (χ1v) is 2.78. The molecule has 0 aliphatic carbocycles. The Hall–Kier alpha value is -0.670. The van der Waals surface area contributed by atoms with Crippen LogP contribution in [-0.4, -0.2) is 5.75 Å². The third-order valence-electron chi connectivity index (χ3n) is 0.380. The molecule has 0 aliphatic rings. The van der Waals surface area contributed by atoms with Gasteiger partial charge in [0.05, 0.1) is 6.07 Å². The summed E-state index contributed by atoms with van der Waals surface area (Å²) in [6, 6.07) is 1.93. The van der Waals surface area contributed by atoms with Crippen molar-refractivity contribution < 1.29 is 0 Å². The van der Waals surface area contributed by atoms with Crippen LogP contribution in [0.3, 0.4) is 0 Å². The Morgan fingerprint density at radius 1 is 1.43 bits per heavy atom. The van der Waals surface area contributed by atoms with Crippen LogP contribution in [0, 0.1) is 22.0 Å². The van der Waals surface area contributed by atoms with Gasteiger partial charge in [-0.25, -0.2) is 0 Å². The molecule has 3 heteroatoms.